The first-order valence-corrected chi connectivity index (χ1v) is 8.86. The second-order valence-corrected chi connectivity index (χ2v) is 5.85. The Morgan fingerprint density at radius 2 is 2.00 bits per heavy atom. The number of halogens is 1. The number of hydrogen-bond donors (Lipinski definition) is 2. The smallest absolute Gasteiger partial charge is 0.218 e. The molecule has 0 unspecified atom stereocenters. The molecule has 0 fully saturated rings. The maximum atomic E-state index is 5.68. The summed E-state index contributed by atoms with van der Waals surface area (Å²) in [5.41, 5.74) is 3.40. The molecule has 7 heteroatoms. The molecular weight excluding hydrogens is 455 g/mol. The molecule has 2 aromatic rings. The SMILES string of the molecule is CCNC(=NCc1cccc(C)c1)NCc1cccnc1OCCOC.I. The standard InChI is InChI=1S/C20H28N4O2.HI/c1-4-21-20(23-14-17-8-5-7-16(2)13-17)24-15-18-9-6-10-22-19(18)26-12-11-25-3;/h5-10,13H,4,11-12,14-15H2,1-3H3,(H2,21,23,24);1H. The van der Waals surface area contributed by atoms with Gasteiger partial charge in [-0.3, -0.25) is 0 Å². The minimum absolute atomic E-state index is 0. The van der Waals surface area contributed by atoms with Gasteiger partial charge >= 0.3 is 0 Å². The van der Waals surface area contributed by atoms with E-state index in [2.05, 4.69) is 51.8 Å². The number of hydrogen-bond acceptors (Lipinski definition) is 4. The maximum absolute atomic E-state index is 5.68. The third-order valence-electron chi connectivity index (χ3n) is 3.67. The van der Waals surface area contributed by atoms with E-state index in [1.807, 2.05) is 19.1 Å². The zero-order valence-corrected chi connectivity index (χ0v) is 18.5. The van der Waals surface area contributed by atoms with Gasteiger partial charge in [-0.15, -0.1) is 24.0 Å². The lowest BCUT2D eigenvalue weighted by Gasteiger charge is -2.14. The molecule has 0 atom stereocenters. The highest BCUT2D eigenvalue weighted by atomic mass is 127. The molecule has 0 aliphatic heterocycles. The highest BCUT2D eigenvalue weighted by molar-refractivity contribution is 14.0. The van der Waals surface area contributed by atoms with Gasteiger partial charge in [0.15, 0.2) is 5.96 Å². The predicted octanol–water partition coefficient (Wildman–Crippen LogP) is 3.29. The lowest BCUT2D eigenvalue weighted by Crippen LogP contribution is -2.36. The van der Waals surface area contributed by atoms with E-state index in [-0.39, 0.29) is 24.0 Å². The topological polar surface area (TPSA) is 67.8 Å². The van der Waals surface area contributed by atoms with Crippen molar-refractivity contribution in [1.29, 1.82) is 0 Å². The lowest BCUT2D eigenvalue weighted by atomic mass is 10.1. The summed E-state index contributed by atoms with van der Waals surface area (Å²) in [5.74, 6) is 1.38. The van der Waals surface area contributed by atoms with Crippen molar-refractivity contribution in [2.24, 2.45) is 4.99 Å². The molecule has 148 valence electrons. The van der Waals surface area contributed by atoms with Gasteiger partial charge < -0.3 is 20.1 Å². The van der Waals surface area contributed by atoms with Gasteiger partial charge in [0.2, 0.25) is 5.88 Å². The van der Waals surface area contributed by atoms with E-state index >= 15 is 0 Å². The molecule has 0 radical (unpaired) electrons. The maximum Gasteiger partial charge on any atom is 0.218 e. The fourth-order valence-corrected chi connectivity index (χ4v) is 2.41. The van der Waals surface area contributed by atoms with Gasteiger partial charge in [0.1, 0.15) is 6.61 Å². The summed E-state index contributed by atoms with van der Waals surface area (Å²) in [6.07, 6.45) is 1.72. The van der Waals surface area contributed by atoms with Crippen LogP contribution in [0.1, 0.15) is 23.6 Å². The molecule has 0 spiro atoms. The van der Waals surface area contributed by atoms with Gasteiger partial charge in [-0.05, 0) is 25.5 Å². The average molecular weight is 484 g/mol. The molecule has 1 aromatic carbocycles. The van der Waals surface area contributed by atoms with Crippen molar-refractivity contribution in [3.05, 3.63) is 59.3 Å². The predicted molar refractivity (Wildman–Crippen MR) is 120 cm³/mol. The van der Waals surface area contributed by atoms with Gasteiger partial charge in [0.25, 0.3) is 0 Å². The summed E-state index contributed by atoms with van der Waals surface area (Å²) in [6, 6.07) is 12.3. The second kappa shape index (κ2) is 13.3. The zero-order chi connectivity index (χ0) is 18.6. The van der Waals surface area contributed by atoms with Gasteiger partial charge in [0, 0.05) is 32.0 Å². The van der Waals surface area contributed by atoms with E-state index in [1.54, 1.807) is 13.3 Å². The van der Waals surface area contributed by atoms with Crippen LogP contribution < -0.4 is 15.4 Å². The van der Waals surface area contributed by atoms with Gasteiger partial charge in [-0.1, -0.05) is 35.9 Å². The number of guanidine groups is 1. The summed E-state index contributed by atoms with van der Waals surface area (Å²) >= 11 is 0. The number of benzene rings is 1. The van der Waals surface area contributed by atoms with E-state index in [9.17, 15) is 0 Å². The van der Waals surface area contributed by atoms with Crippen molar-refractivity contribution in [1.82, 2.24) is 15.6 Å². The number of aliphatic imine (C=N–C) groups is 1. The van der Waals surface area contributed by atoms with Crippen LogP contribution in [-0.4, -0.2) is 37.8 Å². The van der Waals surface area contributed by atoms with Crippen molar-refractivity contribution in [2.45, 2.75) is 26.9 Å². The summed E-state index contributed by atoms with van der Waals surface area (Å²) in [6.45, 7) is 7.14. The first-order valence-electron chi connectivity index (χ1n) is 8.86. The molecule has 0 bridgehead atoms. The van der Waals surface area contributed by atoms with Crippen LogP contribution in [0.5, 0.6) is 5.88 Å². The number of methoxy groups -OCH3 is 1. The quantitative estimate of drug-likeness (QED) is 0.248. The van der Waals surface area contributed by atoms with Crippen molar-refractivity contribution >= 4 is 29.9 Å². The Bertz CT molecular complexity index is 710. The van der Waals surface area contributed by atoms with Crippen molar-refractivity contribution < 1.29 is 9.47 Å². The Kier molecular flexibility index (Phi) is 11.4. The minimum atomic E-state index is 0. The number of nitrogens with one attached hydrogen (secondary N) is 2. The molecule has 0 aliphatic rings. The fourth-order valence-electron chi connectivity index (χ4n) is 2.41. The summed E-state index contributed by atoms with van der Waals surface area (Å²) < 4.78 is 10.7. The minimum Gasteiger partial charge on any atom is -0.475 e. The molecule has 27 heavy (non-hydrogen) atoms. The van der Waals surface area contributed by atoms with Crippen molar-refractivity contribution in [3.63, 3.8) is 0 Å². The number of aryl methyl sites for hydroxylation is 1. The van der Waals surface area contributed by atoms with Crippen molar-refractivity contribution in [3.8, 4) is 5.88 Å². The number of pyridine rings is 1. The zero-order valence-electron chi connectivity index (χ0n) is 16.2. The monoisotopic (exact) mass is 484 g/mol. The van der Waals surface area contributed by atoms with Crippen LogP contribution in [0.4, 0.5) is 0 Å². The third kappa shape index (κ3) is 8.57. The Labute approximate surface area is 178 Å². The average Bonchev–Trinajstić information content (AvgIpc) is 2.65. The highest BCUT2D eigenvalue weighted by Gasteiger charge is 2.06. The molecule has 0 aliphatic carbocycles. The number of nitrogens with zero attached hydrogens (tertiary/aromatic N) is 2. The molecule has 1 heterocycles. The summed E-state index contributed by atoms with van der Waals surface area (Å²) in [7, 11) is 1.65. The third-order valence-corrected chi connectivity index (χ3v) is 3.67. The Hall–Kier alpha value is -1.87. The van der Waals surface area contributed by atoms with Gasteiger partial charge in [-0.25, -0.2) is 9.98 Å². The normalized spacial score (nSPS) is 10.9. The second-order valence-electron chi connectivity index (χ2n) is 5.85. The van der Waals surface area contributed by atoms with Gasteiger partial charge in [-0.2, -0.15) is 0 Å². The van der Waals surface area contributed by atoms with Crippen LogP contribution in [0.25, 0.3) is 0 Å². The molecule has 2 rings (SSSR count). The van der Waals surface area contributed by atoms with Crippen LogP contribution in [0.15, 0.2) is 47.6 Å². The van der Waals surface area contributed by atoms with E-state index in [4.69, 9.17) is 9.47 Å². The van der Waals surface area contributed by atoms with Crippen LogP contribution in [0, 0.1) is 6.92 Å². The fraction of sp³-hybridized carbons (Fsp3) is 0.400. The molecule has 2 N–H and O–H groups in total. The Morgan fingerprint density at radius 3 is 2.74 bits per heavy atom. The highest BCUT2D eigenvalue weighted by Crippen LogP contribution is 2.13. The Morgan fingerprint density at radius 1 is 1.15 bits per heavy atom. The van der Waals surface area contributed by atoms with E-state index in [1.165, 1.54) is 11.1 Å². The number of ether oxygens (including phenoxy) is 2. The summed E-state index contributed by atoms with van der Waals surface area (Å²) in [4.78, 5) is 8.96. The van der Waals surface area contributed by atoms with E-state index in [0.29, 0.717) is 32.2 Å². The largest absolute Gasteiger partial charge is 0.475 e. The van der Waals surface area contributed by atoms with Crippen molar-refractivity contribution in [2.75, 3.05) is 26.9 Å². The van der Waals surface area contributed by atoms with Crippen LogP contribution in [-0.2, 0) is 17.8 Å². The molecule has 0 saturated heterocycles. The molecular formula is C20H29IN4O2. The summed E-state index contributed by atoms with van der Waals surface area (Å²) in [5, 5.41) is 6.61. The van der Waals surface area contributed by atoms with Crippen LogP contribution in [0.2, 0.25) is 0 Å². The molecule has 6 nitrogen and oxygen atoms in total. The first kappa shape index (κ1) is 23.2. The van der Waals surface area contributed by atoms with E-state index < -0.39 is 0 Å². The Balaban J connectivity index is 0.00000364. The molecule has 0 saturated carbocycles. The molecule has 1 aromatic heterocycles. The van der Waals surface area contributed by atoms with E-state index in [0.717, 1.165) is 18.1 Å². The lowest BCUT2D eigenvalue weighted by molar-refractivity contribution is 0.143. The first-order chi connectivity index (χ1) is 12.7. The number of aromatic nitrogens is 1. The van der Waals surface area contributed by atoms with Gasteiger partial charge in [0.05, 0.1) is 13.2 Å². The van der Waals surface area contributed by atoms with Crippen LogP contribution in [0.3, 0.4) is 0 Å². The van der Waals surface area contributed by atoms with Crippen LogP contribution >= 0.6 is 24.0 Å². The molecule has 0 amide bonds. The number of rotatable bonds is 9.